The standard InChI is InChI=1S/C13H18N4O/c14-12-7-15-11(6-16-12)13(18)17-5-10-4-8-1-2-9(10)3-8/h6-10H,1-5H2,(H2,14,16)(H,17,18). The molecule has 1 aromatic heterocycles. The van der Waals surface area contributed by atoms with Crippen LogP contribution < -0.4 is 11.1 Å². The van der Waals surface area contributed by atoms with Gasteiger partial charge in [-0.15, -0.1) is 0 Å². The molecule has 0 aliphatic heterocycles. The van der Waals surface area contributed by atoms with Crippen molar-refractivity contribution in [2.45, 2.75) is 25.7 Å². The number of aromatic nitrogens is 2. The smallest absolute Gasteiger partial charge is 0.271 e. The zero-order chi connectivity index (χ0) is 12.5. The first kappa shape index (κ1) is 11.4. The third kappa shape index (κ3) is 2.17. The summed E-state index contributed by atoms with van der Waals surface area (Å²) in [5.74, 6) is 2.58. The van der Waals surface area contributed by atoms with Crippen molar-refractivity contribution in [1.82, 2.24) is 15.3 Å². The van der Waals surface area contributed by atoms with Crippen LogP contribution in [0.2, 0.25) is 0 Å². The average Bonchev–Trinajstić information content (AvgIpc) is 2.99. The monoisotopic (exact) mass is 246 g/mol. The highest BCUT2D eigenvalue weighted by Crippen LogP contribution is 2.47. The molecule has 2 aliphatic rings. The first-order chi connectivity index (χ1) is 8.72. The molecule has 0 radical (unpaired) electrons. The van der Waals surface area contributed by atoms with Crippen LogP contribution in [0.5, 0.6) is 0 Å². The summed E-state index contributed by atoms with van der Waals surface area (Å²) in [5, 5.41) is 2.96. The van der Waals surface area contributed by atoms with Gasteiger partial charge in [0, 0.05) is 6.54 Å². The van der Waals surface area contributed by atoms with E-state index in [1.807, 2.05) is 0 Å². The topological polar surface area (TPSA) is 80.9 Å². The molecule has 5 nitrogen and oxygen atoms in total. The third-order valence-electron chi connectivity index (χ3n) is 4.31. The van der Waals surface area contributed by atoms with Crippen LogP contribution in [0.15, 0.2) is 12.4 Å². The summed E-state index contributed by atoms with van der Waals surface area (Å²) in [6, 6.07) is 0. The predicted octanol–water partition coefficient (Wildman–Crippen LogP) is 1.22. The van der Waals surface area contributed by atoms with Crippen molar-refractivity contribution in [3.63, 3.8) is 0 Å². The van der Waals surface area contributed by atoms with Crippen molar-refractivity contribution in [2.75, 3.05) is 12.3 Å². The molecule has 3 N–H and O–H groups in total. The number of amides is 1. The van der Waals surface area contributed by atoms with Crippen molar-refractivity contribution in [3.05, 3.63) is 18.1 Å². The number of hydrogen-bond acceptors (Lipinski definition) is 4. The molecule has 5 heteroatoms. The summed E-state index contributed by atoms with van der Waals surface area (Å²) in [4.78, 5) is 19.7. The van der Waals surface area contributed by atoms with E-state index in [1.165, 1.54) is 38.1 Å². The van der Waals surface area contributed by atoms with Gasteiger partial charge in [-0.1, -0.05) is 6.42 Å². The van der Waals surface area contributed by atoms with E-state index in [1.54, 1.807) is 0 Å². The van der Waals surface area contributed by atoms with E-state index in [4.69, 9.17) is 5.73 Å². The predicted molar refractivity (Wildman–Crippen MR) is 67.7 cm³/mol. The number of anilines is 1. The van der Waals surface area contributed by atoms with Gasteiger partial charge in [0.15, 0.2) is 0 Å². The highest BCUT2D eigenvalue weighted by Gasteiger charge is 2.39. The molecule has 3 unspecified atom stereocenters. The lowest BCUT2D eigenvalue weighted by atomic mass is 9.89. The van der Waals surface area contributed by atoms with Crippen molar-refractivity contribution < 1.29 is 4.79 Å². The Kier molecular flexibility index (Phi) is 2.89. The molecule has 2 bridgehead atoms. The molecule has 1 heterocycles. The lowest BCUT2D eigenvalue weighted by molar-refractivity contribution is 0.0936. The summed E-state index contributed by atoms with van der Waals surface area (Å²) in [7, 11) is 0. The molecule has 0 aromatic carbocycles. The highest BCUT2D eigenvalue weighted by atomic mass is 16.1. The fourth-order valence-electron chi connectivity index (χ4n) is 3.40. The Morgan fingerprint density at radius 3 is 2.83 bits per heavy atom. The van der Waals surface area contributed by atoms with Gasteiger partial charge in [-0.3, -0.25) is 4.79 Å². The Morgan fingerprint density at radius 1 is 1.33 bits per heavy atom. The first-order valence-corrected chi connectivity index (χ1v) is 6.58. The van der Waals surface area contributed by atoms with Gasteiger partial charge >= 0.3 is 0 Å². The van der Waals surface area contributed by atoms with Gasteiger partial charge < -0.3 is 11.1 Å². The van der Waals surface area contributed by atoms with Crippen LogP contribution >= 0.6 is 0 Å². The molecule has 1 amide bonds. The Balaban J connectivity index is 1.54. The Bertz CT molecular complexity index is 445. The number of fused-ring (bicyclic) bond motifs is 2. The molecule has 0 saturated heterocycles. The van der Waals surface area contributed by atoms with Crippen molar-refractivity contribution in [2.24, 2.45) is 17.8 Å². The van der Waals surface area contributed by atoms with E-state index in [-0.39, 0.29) is 5.91 Å². The molecule has 2 saturated carbocycles. The summed E-state index contributed by atoms with van der Waals surface area (Å²) in [5.41, 5.74) is 5.78. The van der Waals surface area contributed by atoms with Gasteiger partial charge in [0.05, 0.1) is 12.4 Å². The van der Waals surface area contributed by atoms with Crippen LogP contribution in [-0.2, 0) is 0 Å². The summed E-state index contributed by atoms with van der Waals surface area (Å²) in [6.07, 6.45) is 8.20. The number of carbonyl (C=O) groups excluding carboxylic acids is 1. The fourth-order valence-corrected chi connectivity index (χ4v) is 3.40. The number of hydrogen-bond donors (Lipinski definition) is 2. The normalized spacial score (nSPS) is 29.4. The lowest BCUT2D eigenvalue weighted by Gasteiger charge is -2.21. The van der Waals surface area contributed by atoms with E-state index in [0.29, 0.717) is 17.4 Å². The van der Waals surface area contributed by atoms with Crippen molar-refractivity contribution in [1.29, 1.82) is 0 Å². The summed E-state index contributed by atoms with van der Waals surface area (Å²) >= 11 is 0. The zero-order valence-corrected chi connectivity index (χ0v) is 10.3. The minimum absolute atomic E-state index is 0.148. The molecule has 2 fully saturated rings. The van der Waals surface area contributed by atoms with Crippen LogP contribution in [0.25, 0.3) is 0 Å². The minimum atomic E-state index is -0.148. The molecule has 96 valence electrons. The van der Waals surface area contributed by atoms with E-state index in [9.17, 15) is 4.79 Å². The SMILES string of the molecule is Nc1cnc(C(=O)NCC2CC3CCC2C3)cn1. The maximum Gasteiger partial charge on any atom is 0.271 e. The number of rotatable bonds is 3. The van der Waals surface area contributed by atoms with Gasteiger partial charge in [0.2, 0.25) is 0 Å². The van der Waals surface area contributed by atoms with Gasteiger partial charge in [-0.2, -0.15) is 0 Å². The lowest BCUT2D eigenvalue weighted by Crippen LogP contribution is -2.32. The highest BCUT2D eigenvalue weighted by molar-refractivity contribution is 5.91. The van der Waals surface area contributed by atoms with E-state index >= 15 is 0 Å². The second-order valence-electron chi connectivity index (χ2n) is 5.47. The third-order valence-corrected chi connectivity index (χ3v) is 4.31. The molecular formula is C13H18N4O. The van der Waals surface area contributed by atoms with Crippen LogP contribution in [0.1, 0.15) is 36.2 Å². The summed E-state index contributed by atoms with van der Waals surface area (Å²) in [6.45, 7) is 0.770. The number of nitrogens with zero attached hydrogens (tertiary/aromatic N) is 2. The number of carbonyl (C=O) groups is 1. The van der Waals surface area contributed by atoms with Crippen LogP contribution in [-0.4, -0.2) is 22.4 Å². The zero-order valence-electron chi connectivity index (χ0n) is 10.3. The Hall–Kier alpha value is -1.65. The maximum absolute atomic E-state index is 11.9. The fraction of sp³-hybridized carbons (Fsp3) is 0.615. The van der Waals surface area contributed by atoms with E-state index < -0.39 is 0 Å². The van der Waals surface area contributed by atoms with Crippen molar-refractivity contribution in [3.8, 4) is 0 Å². The Labute approximate surface area is 106 Å². The largest absolute Gasteiger partial charge is 0.382 e. The number of nitrogen functional groups attached to an aromatic ring is 1. The minimum Gasteiger partial charge on any atom is -0.382 e. The van der Waals surface area contributed by atoms with Crippen LogP contribution in [0.4, 0.5) is 5.82 Å². The van der Waals surface area contributed by atoms with Gasteiger partial charge in [-0.05, 0) is 37.0 Å². The number of nitrogens with two attached hydrogens (primary N) is 1. The second kappa shape index (κ2) is 4.55. The molecular weight excluding hydrogens is 228 g/mol. The molecule has 0 spiro atoms. The Morgan fingerprint density at radius 2 is 2.22 bits per heavy atom. The van der Waals surface area contributed by atoms with E-state index in [0.717, 1.165) is 18.4 Å². The average molecular weight is 246 g/mol. The van der Waals surface area contributed by atoms with Crippen molar-refractivity contribution >= 4 is 11.7 Å². The van der Waals surface area contributed by atoms with Gasteiger partial charge in [0.25, 0.3) is 5.91 Å². The molecule has 3 rings (SSSR count). The van der Waals surface area contributed by atoms with Crippen LogP contribution in [0, 0.1) is 17.8 Å². The first-order valence-electron chi connectivity index (χ1n) is 6.58. The summed E-state index contributed by atoms with van der Waals surface area (Å²) < 4.78 is 0. The van der Waals surface area contributed by atoms with Gasteiger partial charge in [-0.25, -0.2) is 9.97 Å². The quantitative estimate of drug-likeness (QED) is 0.840. The molecule has 18 heavy (non-hydrogen) atoms. The van der Waals surface area contributed by atoms with E-state index in [2.05, 4.69) is 15.3 Å². The second-order valence-corrected chi connectivity index (χ2v) is 5.47. The molecule has 1 aromatic rings. The van der Waals surface area contributed by atoms with Gasteiger partial charge in [0.1, 0.15) is 11.5 Å². The maximum atomic E-state index is 11.9. The van der Waals surface area contributed by atoms with Crippen LogP contribution in [0.3, 0.4) is 0 Å². The molecule has 2 aliphatic carbocycles. The molecule has 3 atom stereocenters. The number of nitrogens with one attached hydrogen (secondary N) is 1.